The van der Waals surface area contributed by atoms with Gasteiger partial charge in [0.2, 0.25) is 12.7 Å². The number of nitrogens with zero attached hydrogens (tertiary/aromatic N) is 1. The lowest BCUT2D eigenvalue weighted by Gasteiger charge is -2.40. The molecule has 0 saturated carbocycles. The summed E-state index contributed by atoms with van der Waals surface area (Å²) < 4.78 is 31.1. The van der Waals surface area contributed by atoms with Crippen LogP contribution in [0.3, 0.4) is 0 Å². The lowest BCUT2D eigenvalue weighted by Crippen LogP contribution is -2.53. The standard InChI is InChI=1S/C22H22FNO4/c1-2-3-4-7-24-11-14-5-6-15(23)8-16(14)22(21(24)25)12-26-18-10-20-19(9-17(18)22)27-13-28-20/h5-6,8-10H,2-4,7,11-13H2,1H3. The highest BCUT2D eigenvalue weighted by Crippen LogP contribution is 2.52. The molecule has 0 fully saturated rings. The van der Waals surface area contributed by atoms with Crippen LogP contribution >= 0.6 is 0 Å². The van der Waals surface area contributed by atoms with Crippen LogP contribution in [0.2, 0.25) is 0 Å². The first kappa shape index (κ1) is 17.3. The summed E-state index contributed by atoms with van der Waals surface area (Å²) in [5.74, 6) is 1.43. The van der Waals surface area contributed by atoms with E-state index in [-0.39, 0.29) is 25.1 Å². The van der Waals surface area contributed by atoms with Crippen LogP contribution in [0, 0.1) is 5.82 Å². The minimum absolute atomic E-state index is 0.0284. The Kier molecular flexibility index (Phi) is 3.96. The van der Waals surface area contributed by atoms with E-state index < -0.39 is 5.41 Å². The van der Waals surface area contributed by atoms with Crippen LogP contribution in [0.4, 0.5) is 4.39 Å². The lowest BCUT2D eigenvalue weighted by atomic mass is 9.70. The monoisotopic (exact) mass is 383 g/mol. The molecule has 3 heterocycles. The van der Waals surface area contributed by atoms with E-state index in [1.807, 2.05) is 11.0 Å². The summed E-state index contributed by atoms with van der Waals surface area (Å²) in [5.41, 5.74) is 1.35. The smallest absolute Gasteiger partial charge is 0.241 e. The number of halogens is 1. The highest BCUT2D eigenvalue weighted by Gasteiger charge is 2.54. The van der Waals surface area contributed by atoms with Gasteiger partial charge in [-0.3, -0.25) is 4.79 Å². The van der Waals surface area contributed by atoms with E-state index in [1.54, 1.807) is 12.1 Å². The van der Waals surface area contributed by atoms with Crippen LogP contribution in [-0.2, 0) is 16.8 Å². The van der Waals surface area contributed by atoms with Crippen LogP contribution in [0.5, 0.6) is 17.2 Å². The third-order valence-electron chi connectivity index (χ3n) is 5.96. The number of hydrogen-bond donors (Lipinski definition) is 0. The van der Waals surface area contributed by atoms with Crippen molar-refractivity contribution in [2.24, 2.45) is 0 Å². The van der Waals surface area contributed by atoms with Crippen molar-refractivity contribution in [3.63, 3.8) is 0 Å². The Labute approximate surface area is 163 Å². The third-order valence-corrected chi connectivity index (χ3v) is 5.96. The molecule has 1 amide bonds. The number of carbonyl (C=O) groups excluding carboxylic acids is 1. The highest BCUT2D eigenvalue weighted by atomic mass is 19.1. The molecule has 5 nitrogen and oxygen atoms in total. The van der Waals surface area contributed by atoms with Crippen LogP contribution < -0.4 is 14.2 Å². The van der Waals surface area contributed by atoms with Crippen molar-refractivity contribution in [3.05, 3.63) is 52.8 Å². The summed E-state index contributed by atoms with van der Waals surface area (Å²) in [7, 11) is 0. The first-order valence-corrected chi connectivity index (χ1v) is 9.78. The van der Waals surface area contributed by atoms with Gasteiger partial charge in [-0.05, 0) is 35.7 Å². The van der Waals surface area contributed by atoms with Gasteiger partial charge in [0, 0.05) is 24.7 Å². The van der Waals surface area contributed by atoms with Gasteiger partial charge in [-0.25, -0.2) is 4.39 Å². The van der Waals surface area contributed by atoms with E-state index in [1.165, 1.54) is 12.1 Å². The van der Waals surface area contributed by atoms with Crippen molar-refractivity contribution < 1.29 is 23.4 Å². The van der Waals surface area contributed by atoms with Gasteiger partial charge in [-0.15, -0.1) is 0 Å². The molecule has 0 aromatic heterocycles. The second-order valence-corrected chi connectivity index (χ2v) is 7.63. The summed E-state index contributed by atoms with van der Waals surface area (Å²) in [6.45, 7) is 3.63. The van der Waals surface area contributed by atoms with Crippen LogP contribution in [0.25, 0.3) is 0 Å². The van der Waals surface area contributed by atoms with E-state index in [4.69, 9.17) is 14.2 Å². The van der Waals surface area contributed by atoms with E-state index >= 15 is 0 Å². The van der Waals surface area contributed by atoms with Crippen LogP contribution in [0.1, 0.15) is 42.9 Å². The molecule has 0 saturated heterocycles. The van der Waals surface area contributed by atoms with Crippen molar-refractivity contribution in [2.45, 2.75) is 38.1 Å². The average Bonchev–Trinajstić information content (AvgIpc) is 3.30. The Hall–Kier alpha value is -2.76. The van der Waals surface area contributed by atoms with Crippen molar-refractivity contribution in [1.82, 2.24) is 4.90 Å². The minimum atomic E-state index is -1.04. The number of hydrogen-bond acceptors (Lipinski definition) is 4. The zero-order chi connectivity index (χ0) is 19.3. The fraction of sp³-hybridized carbons (Fsp3) is 0.409. The highest BCUT2D eigenvalue weighted by molar-refractivity contribution is 5.96. The summed E-state index contributed by atoms with van der Waals surface area (Å²) in [6, 6.07) is 8.33. The topological polar surface area (TPSA) is 48.0 Å². The summed E-state index contributed by atoms with van der Waals surface area (Å²) >= 11 is 0. The molecule has 6 heteroatoms. The summed E-state index contributed by atoms with van der Waals surface area (Å²) in [5, 5.41) is 0. The van der Waals surface area contributed by atoms with Gasteiger partial charge in [-0.2, -0.15) is 0 Å². The SMILES string of the molecule is CCCCCN1Cc2ccc(F)cc2C2(COc3cc4c(cc32)OCO4)C1=O. The maximum Gasteiger partial charge on any atom is 0.241 e. The van der Waals surface area contributed by atoms with Crippen molar-refractivity contribution in [1.29, 1.82) is 0 Å². The van der Waals surface area contributed by atoms with Gasteiger partial charge < -0.3 is 19.1 Å². The minimum Gasteiger partial charge on any atom is -0.491 e. The molecule has 3 aliphatic heterocycles. The van der Waals surface area contributed by atoms with Gasteiger partial charge in [0.15, 0.2) is 11.5 Å². The molecular weight excluding hydrogens is 361 g/mol. The molecular formula is C22H22FNO4. The van der Waals surface area contributed by atoms with Crippen LogP contribution in [0.15, 0.2) is 30.3 Å². The van der Waals surface area contributed by atoms with E-state index in [2.05, 4.69) is 6.92 Å². The number of fused-ring (bicyclic) bond motifs is 5. The normalized spacial score (nSPS) is 21.6. The number of unbranched alkanes of at least 4 members (excludes halogenated alkanes) is 2. The molecule has 1 spiro atoms. The first-order chi connectivity index (χ1) is 13.6. The second kappa shape index (κ2) is 6.40. The molecule has 28 heavy (non-hydrogen) atoms. The van der Waals surface area contributed by atoms with Crippen molar-refractivity contribution in [3.8, 4) is 17.2 Å². The second-order valence-electron chi connectivity index (χ2n) is 7.63. The van der Waals surface area contributed by atoms with E-state index in [9.17, 15) is 9.18 Å². The fourth-order valence-electron chi connectivity index (χ4n) is 4.52. The Morgan fingerprint density at radius 1 is 1.04 bits per heavy atom. The third kappa shape index (κ3) is 2.40. The summed E-state index contributed by atoms with van der Waals surface area (Å²) in [6.07, 6.45) is 3.10. The zero-order valence-electron chi connectivity index (χ0n) is 15.8. The van der Waals surface area contributed by atoms with Gasteiger partial charge in [-0.1, -0.05) is 25.8 Å². The number of benzene rings is 2. The van der Waals surface area contributed by atoms with Crippen molar-refractivity contribution >= 4 is 5.91 Å². The molecule has 1 atom stereocenters. The number of carbonyl (C=O) groups is 1. The Morgan fingerprint density at radius 3 is 2.68 bits per heavy atom. The maximum absolute atomic E-state index is 14.2. The van der Waals surface area contributed by atoms with Gasteiger partial charge >= 0.3 is 0 Å². The maximum atomic E-state index is 14.2. The number of amides is 1. The van der Waals surface area contributed by atoms with Crippen LogP contribution in [-0.4, -0.2) is 30.8 Å². The summed E-state index contributed by atoms with van der Waals surface area (Å²) in [4.78, 5) is 15.6. The number of rotatable bonds is 4. The predicted octanol–water partition coefficient (Wildman–Crippen LogP) is 3.77. The zero-order valence-corrected chi connectivity index (χ0v) is 15.8. The molecule has 2 aromatic carbocycles. The Morgan fingerprint density at radius 2 is 1.86 bits per heavy atom. The Balaban J connectivity index is 1.66. The molecule has 0 N–H and O–H groups in total. The largest absolute Gasteiger partial charge is 0.491 e. The van der Waals surface area contributed by atoms with E-state index in [0.717, 1.165) is 30.4 Å². The predicted molar refractivity (Wildman–Crippen MR) is 100 cm³/mol. The molecule has 3 aliphatic rings. The van der Waals surface area contributed by atoms with Crippen molar-refractivity contribution in [2.75, 3.05) is 19.9 Å². The lowest BCUT2D eigenvalue weighted by molar-refractivity contribution is -0.138. The molecule has 0 bridgehead atoms. The molecule has 1 unspecified atom stereocenters. The van der Waals surface area contributed by atoms with E-state index in [0.29, 0.717) is 35.9 Å². The average molecular weight is 383 g/mol. The van der Waals surface area contributed by atoms with Gasteiger partial charge in [0.25, 0.3) is 0 Å². The van der Waals surface area contributed by atoms with Gasteiger partial charge in [0.1, 0.15) is 23.6 Å². The quantitative estimate of drug-likeness (QED) is 0.755. The molecule has 0 radical (unpaired) electrons. The molecule has 0 aliphatic carbocycles. The number of ether oxygens (including phenoxy) is 3. The fourth-order valence-corrected chi connectivity index (χ4v) is 4.52. The Bertz CT molecular complexity index is 960. The molecule has 146 valence electrons. The molecule has 2 aromatic rings. The first-order valence-electron chi connectivity index (χ1n) is 9.78. The van der Waals surface area contributed by atoms with Gasteiger partial charge in [0.05, 0.1) is 0 Å². The molecule has 5 rings (SSSR count).